The zero-order chi connectivity index (χ0) is 13.7. The van der Waals surface area contributed by atoms with Crippen LogP contribution in [0.4, 0.5) is 4.39 Å². The van der Waals surface area contributed by atoms with Crippen LogP contribution in [0.25, 0.3) is 0 Å². The molecular weight excluding hydrogens is 237 g/mol. The number of hydrogen-bond donors (Lipinski definition) is 2. The van der Waals surface area contributed by atoms with Gasteiger partial charge in [0.25, 0.3) is 0 Å². The summed E-state index contributed by atoms with van der Waals surface area (Å²) in [5, 5.41) is 8.89. The number of hydrogen-bond acceptors (Lipinski definition) is 3. The van der Waals surface area contributed by atoms with E-state index < -0.39 is 17.7 Å². The highest BCUT2D eigenvalue weighted by atomic mass is 19.1. The molecule has 3 N–H and O–H groups in total. The van der Waals surface area contributed by atoms with Crippen molar-refractivity contribution in [2.75, 3.05) is 7.11 Å². The Bertz CT molecular complexity index is 423. The summed E-state index contributed by atoms with van der Waals surface area (Å²) in [5.41, 5.74) is 6.49. The topological polar surface area (TPSA) is 72.6 Å². The molecular formula is C13H18FNO3. The van der Waals surface area contributed by atoms with Crippen LogP contribution in [-0.2, 0) is 4.79 Å². The van der Waals surface area contributed by atoms with Crippen LogP contribution in [0.15, 0.2) is 18.2 Å². The Kier molecular flexibility index (Phi) is 5.09. The highest BCUT2D eigenvalue weighted by Gasteiger charge is 2.22. The molecule has 0 amide bonds. The maximum Gasteiger partial charge on any atom is 0.304 e. The lowest BCUT2D eigenvalue weighted by atomic mass is 9.87. The summed E-state index contributed by atoms with van der Waals surface area (Å²) in [6, 6.07) is 4.13. The summed E-state index contributed by atoms with van der Waals surface area (Å²) in [5.74, 6) is -1.71. The van der Waals surface area contributed by atoms with Gasteiger partial charge in [-0.1, -0.05) is 13.0 Å². The monoisotopic (exact) mass is 255 g/mol. The number of methoxy groups -OCH3 is 1. The third kappa shape index (κ3) is 3.43. The molecule has 1 aromatic rings. The minimum Gasteiger partial charge on any atom is -0.494 e. The van der Waals surface area contributed by atoms with Crippen molar-refractivity contribution in [3.63, 3.8) is 0 Å². The summed E-state index contributed by atoms with van der Waals surface area (Å²) in [4.78, 5) is 10.8. The zero-order valence-electron chi connectivity index (χ0n) is 10.5. The summed E-state index contributed by atoms with van der Waals surface area (Å²) in [7, 11) is 1.38. The Morgan fingerprint density at radius 2 is 2.22 bits per heavy atom. The van der Waals surface area contributed by atoms with E-state index in [1.807, 2.05) is 6.92 Å². The van der Waals surface area contributed by atoms with Crippen LogP contribution in [0.3, 0.4) is 0 Å². The average molecular weight is 255 g/mol. The minimum atomic E-state index is -0.944. The zero-order valence-corrected chi connectivity index (χ0v) is 10.5. The quantitative estimate of drug-likeness (QED) is 0.816. The standard InChI is InChI=1S/C13H18FNO3/c1-3-11(15)9(7-13(16)17)8-4-5-12(18-2)10(14)6-8/h4-6,9,11H,3,7,15H2,1-2H3,(H,16,17). The van der Waals surface area contributed by atoms with Crippen molar-refractivity contribution in [3.8, 4) is 5.75 Å². The number of benzene rings is 1. The molecule has 0 saturated carbocycles. The molecule has 1 aromatic carbocycles. The van der Waals surface area contributed by atoms with Gasteiger partial charge in [0.2, 0.25) is 0 Å². The maximum atomic E-state index is 13.6. The number of carboxylic acids is 1. The molecule has 4 nitrogen and oxygen atoms in total. The Morgan fingerprint density at radius 3 is 2.67 bits per heavy atom. The second-order valence-corrected chi connectivity index (χ2v) is 4.17. The molecule has 0 saturated heterocycles. The highest BCUT2D eigenvalue weighted by Crippen LogP contribution is 2.28. The predicted octanol–water partition coefficient (Wildman–Crippen LogP) is 2.13. The van der Waals surface area contributed by atoms with E-state index in [1.54, 1.807) is 6.07 Å². The largest absolute Gasteiger partial charge is 0.494 e. The number of nitrogens with two attached hydrogens (primary N) is 1. The van der Waals surface area contributed by atoms with Gasteiger partial charge in [0.1, 0.15) is 0 Å². The summed E-state index contributed by atoms with van der Waals surface area (Å²) in [6.07, 6.45) is 0.520. The second kappa shape index (κ2) is 6.35. The molecule has 0 aliphatic rings. The minimum absolute atomic E-state index is 0.110. The van der Waals surface area contributed by atoms with Gasteiger partial charge in [0, 0.05) is 12.0 Å². The van der Waals surface area contributed by atoms with Crippen LogP contribution in [-0.4, -0.2) is 24.2 Å². The van der Waals surface area contributed by atoms with E-state index in [0.717, 1.165) is 0 Å². The maximum absolute atomic E-state index is 13.6. The van der Waals surface area contributed by atoms with E-state index in [-0.39, 0.29) is 18.2 Å². The molecule has 5 heteroatoms. The van der Waals surface area contributed by atoms with Crippen LogP contribution in [0.2, 0.25) is 0 Å². The average Bonchev–Trinajstić information content (AvgIpc) is 2.34. The van der Waals surface area contributed by atoms with Crippen LogP contribution in [0.1, 0.15) is 31.2 Å². The number of carbonyl (C=O) groups is 1. The summed E-state index contributed by atoms with van der Waals surface area (Å²) < 4.78 is 18.4. The van der Waals surface area contributed by atoms with E-state index in [4.69, 9.17) is 15.6 Å². The first-order chi connectivity index (χ1) is 8.49. The SMILES string of the molecule is CCC(N)C(CC(=O)O)c1ccc(OC)c(F)c1. The van der Waals surface area contributed by atoms with Crippen molar-refractivity contribution in [1.29, 1.82) is 0 Å². The molecule has 2 atom stereocenters. The van der Waals surface area contributed by atoms with Gasteiger partial charge in [-0.15, -0.1) is 0 Å². The molecule has 0 aliphatic carbocycles. The van der Waals surface area contributed by atoms with Crippen LogP contribution >= 0.6 is 0 Å². The number of carboxylic acid groups (broad SMARTS) is 1. The van der Waals surface area contributed by atoms with Gasteiger partial charge >= 0.3 is 5.97 Å². The Morgan fingerprint density at radius 1 is 1.56 bits per heavy atom. The van der Waals surface area contributed by atoms with Crippen LogP contribution < -0.4 is 10.5 Å². The molecule has 0 spiro atoms. The molecule has 0 bridgehead atoms. The molecule has 0 fully saturated rings. The van der Waals surface area contributed by atoms with Crippen molar-refractivity contribution in [2.45, 2.75) is 31.7 Å². The highest BCUT2D eigenvalue weighted by molar-refractivity contribution is 5.68. The van der Waals surface area contributed by atoms with Crippen molar-refractivity contribution in [3.05, 3.63) is 29.6 Å². The number of aliphatic carboxylic acids is 1. The van der Waals surface area contributed by atoms with E-state index in [0.29, 0.717) is 12.0 Å². The summed E-state index contributed by atoms with van der Waals surface area (Å²) >= 11 is 0. The second-order valence-electron chi connectivity index (χ2n) is 4.17. The van der Waals surface area contributed by atoms with E-state index in [9.17, 15) is 9.18 Å². The third-order valence-electron chi connectivity index (χ3n) is 2.99. The smallest absolute Gasteiger partial charge is 0.304 e. The molecule has 0 aromatic heterocycles. The normalized spacial score (nSPS) is 14.0. The molecule has 18 heavy (non-hydrogen) atoms. The van der Waals surface area contributed by atoms with Crippen molar-refractivity contribution in [2.24, 2.45) is 5.73 Å². The molecule has 0 radical (unpaired) electrons. The molecule has 2 unspecified atom stereocenters. The first-order valence-electron chi connectivity index (χ1n) is 5.80. The van der Waals surface area contributed by atoms with Crippen molar-refractivity contribution in [1.82, 2.24) is 0 Å². The molecule has 0 aliphatic heterocycles. The summed E-state index contributed by atoms with van der Waals surface area (Å²) in [6.45, 7) is 1.87. The van der Waals surface area contributed by atoms with Gasteiger partial charge < -0.3 is 15.6 Å². The fraction of sp³-hybridized carbons (Fsp3) is 0.462. The van der Waals surface area contributed by atoms with Gasteiger partial charge in [0.15, 0.2) is 11.6 Å². The van der Waals surface area contributed by atoms with Gasteiger partial charge in [0.05, 0.1) is 13.5 Å². The molecule has 0 heterocycles. The van der Waals surface area contributed by atoms with Gasteiger partial charge in [-0.25, -0.2) is 4.39 Å². The molecule has 1 rings (SSSR count). The van der Waals surface area contributed by atoms with Gasteiger partial charge in [-0.2, -0.15) is 0 Å². The number of ether oxygens (including phenoxy) is 1. The first kappa shape index (κ1) is 14.4. The predicted molar refractivity (Wildman–Crippen MR) is 66.2 cm³/mol. The van der Waals surface area contributed by atoms with E-state index in [1.165, 1.54) is 19.2 Å². The Labute approximate surface area is 106 Å². The Balaban J connectivity index is 3.04. The van der Waals surface area contributed by atoms with Crippen LogP contribution in [0.5, 0.6) is 5.75 Å². The Hall–Kier alpha value is -1.62. The van der Waals surface area contributed by atoms with E-state index in [2.05, 4.69) is 0 Å². The fourth-order valence-corrected chi connectivity index (χ4v) is 1.90. The van der Waals surface area contributed by atoms with Crippen molar-refractivity contribution >= 4 is 5.97 Å². The lowest BCUT2D eigenvalue weighted by Crippen LogP contribution is -2.29. The lowest BCUT2D eigenvalue weighted by Gasteiger charge is -2.22. The number of rotatable bonds is 6. The lowest BCUT2D eigenvalue weighted by molar-refractivity contribution is -0.137. The number of halogens is 1. The first-order valence-corrected chi connectivity index (χ1v) is 5.80. The van der Waals surface area contributed by atoms with Gasteiger partial charge in [-0.05, 0) is 24.1 Å². The van der Waals surface area contributed by atoms with Crippen molar-refractivity contribution < 1.29 is 19.0 Å². The van der Waals surface area contributed by atoms with Gasteiger partial charge in [-0.3, -0.25) is 4.79 Å². The fourth-order valence-electron chi connectivity index (χ4n) is 1.90. The third-order valence-corrected chi connectivity index (χ3v) is 2.99. The van der Waals surface area contributed by atoms with E-state index >= 15 is 0 Å². The van der Waals surface area contributed by atoms with Crippen LogP contribution in [0, 0.1) is 5.82 Å². The molecule has 100 valence electrons.